The van der Waals surface area contributed by atoms with Gasteiger partial charge < -0.3 is 0 Å². The van der Waals surface area contributed by atoms with E-state index in [-0.39, 0.29) is 0 Å². The zero-order valence-electron chi connectivity index (χ0n) is 12.5. The predicted octanol–water partition coefficient (Wildman–Crippen LogP) is 6.20. The Labute approximate surface area is 143 Å². The van der Waals surface area contributed by atoms with Gasteiger partial charge in [0, 0.05) is 10.4 Å². The van der Waals surface area contributed by atoms with E-state index in [1.807, 2.05) is 13.0 Å². The number of allylic oxidation sites excluding steroid dienone is 1. The Morgan fingerprint density at radius 1 is 1.04 bits per heavy atom. The number of hydrogen-bond acceptors (Lipinski definition) is 3. The average Bonchev–Trinajstić information content (AvgIpc) is 2.94. The van der Waals surface area contributed by atoms with E-state index in [4.69, 9.17) is 11.6 Å². The molecule has 2 aromatic heterocycles. The van der Waals surface area contributed by atoms with Crippen molar-refractivity contribution >= 4 is 50.0 Å². The third-order valence-corrected chi connectivity index (χ3v) is 5.20. The van der Waals surface area contributed by atoms with E-state index in [1.165, 1.54) is 22.7 Å². The molecule has 0 aliphatic rings. The second kappa shape index (κ2) is 5.76. The Hall–Kier alpha value is -2.23. The van der Waals surface area contributed by atoms with Crippen molar-refractivity contribution in [3.63, 3.8) is 0 Å². The highest BCUT2D eigenvalue weighted by atomic mass is 35.5. The highest BCUT2D eigenvalue weighted by molar-refractivity contribution is 7.20. The summed E-state index contributed by atoms with van der Waals surface area (Å²) < 4.78 is 0. The number of hydrogen-bond donors (Lipinski definition) is 0. The molecular formula is C19H13ClN2S. The minimum atomic E-state index is 0.505. The Kier molecular flexibility index (Phi) is 3.60. The first kappa shape index (κ1) is 14.4. The van der Waals surface area contributed by atoms with Crippen molar-refractivity contribution in [3.8, 4) is 11.1 Å². The highest BCUT2D eigenvalue weighted by Gasteiger charge is 2.18. The van der Waals surface area contributed by atoms with Crippen LogP contribution in [0.5, 0.6) is 0 Å². The molecule has 4 aromatic rings. The molecule has 23 heavy (non-hydrogen) atoms. The fourth-order valence-corrected chi connectivity index (χ4v) is 4.31. The number of halogens is 1. The van der Waals surface area contributed by atoms with E-state index in [9.17, 15) is 0 Å². The Morgan fingerprint density at radius 2 is 1.87 bits per heavy atom. The van der Waals surface area contributed by atoms with Crippen molar-refractivity contribution in [1.82, 2.24) is 9.97 Å². The lowest BCUT2D eigenvalue weighted by Gasteiger charge is -2.08. The van der Waals surface area contributed by atoms with Crippen LogP contribution in [0.1, 0.15) is 11.8 Å². The van der Waals surface area contributed by atoms with E-state index in [2.05, 4.69) is 58.5 Å². The molecule has 0 amide bonds. The van der Waals surface area contributed by atoms with Crippen molar-refractivity contribution in [2.24, 2.45) is 0 Å². The van der Waals surface area contributed by atoms with Gasteiger partial charge in [-0.3, -0.25) is 0 Å². The molecule has 0 spiro atoms. The van der Waals surface area contributed by atoms with Gasteiger partial charge in [-0.05, 0) is 29.3 Å². The Bertz CT molecular complexity index is 1040. The van der Waals surface area contributed by atoms with E-state index in [0.29, 0.717) is 5.15 Å². The van der Waals surface area contributed by atoms with Gasteiger partial charge in [-0.15, -0.1) is 11.3 Å². The van der Waals surface area contributed by atoms with Crippen LogP contribution in [0.3, 0.4) is 0 Å². The molecule has 0 saturated carbocycles. The van der Waals surface area contributed by atoms with Gasteiger partial charge in [0.2, 0.25) is 0 Å². The first-order valence-electron chi connectivity index (χ1n) is 7.33. The van der Waals surface area contributed by atoms with Crippen LogP contribution in [0, 0.1) is 0 Å². The molecule has 0 aliphatic heterocycles. The van der Waals surface area contributed by atoms with Crippen LogP contribution in [0.4, 0.5) is 0 Å². The molecule has 2 aromatic carbocycles. The van der Waals surface area contributed by atoms with Crippen LogP contribution in [0.15, 0.2) is 54.9 Å². The van der Waals surface area contributed by atoms with Gasteiger partial charge in [0.15, 0.2) is 0 Å². The first-order valence-corrected chi connectivity index (χ1v) is 8.53. The molecule has 2 heterocycles. The maximum atomic E-state index is 6.41. The van der Waals surface area contributed by atoms with Crippen molar-refractivity contribution in [2.45, 2.75) is 6.92 Å². The summed E-state index contributed by atoms with van der Waals surface area (Å²) in [5.41, 5.74) is 2.28. The number of rotatable bonds is 2. The minimum Gasteiger partial charge on any atom is -0.225 e. The lowest BCUT2D eigenvalue weighted by atomic mass is 9.97. The molecule has 4 rings (SSSR count). The van der Waals surface area contributed by atoms with Crippen LogP contribution in [-0.2, 0) is 0 Å². The summed E-state index contributed by atoms with van der Waals surface area (Å²) in [4.78, 5) is 10.7. The topological polar surface area (TPSA) is 25.8 Å². The van der Waals surface area contributed by atoms with Crippen LogP contribution in [0.25, 0.3) is 38.2 Å². The van der Waals surface area contributed by atoms with Crippen LogP contribution in [-0.4, -0.2) is 9.97 Å². The van der Waals surface area contributed by atoms with E-state index >= 15 is 0 Å². The quantitative estimate of drug-likeness (QED) is 0.407. The summed E-state index contributed by atoms with van der Waals surface area (Å²) in [6.45, 7) is 2.02. The fourth-order valence-electron chi connectivity index (χ4n) is 2.89. The van der Waals surface area contributed by atoms with Gasteiger partial charge in [-0.1, -0.05) is 60.1 Å². The monoisotopic (exact) mass is 336 g/mol. The molecule has 0 N–H and O–H groups in total. The van der Waals surface area contributed by atoms with Crippen molar-refractivity contribution in [3.05, 3.63) is 64.9 Å². The summed E-state index contributed by atoms with van der Waals surface area (Å²) >= 11 is 8.05. The zero-order chi connectivity index (χ0) is 15.8. The number of aromatic nitrogens is 2. The third-order valence-electron chi connectivity index (χ3n) is 3.85. The molecule has 0 bridgehead atoms. The van der Waals surface area contributed by atoms with E-state index in [1.54, 1.807) is 11.3 Å². The smallest absolute Gasteiger partial charge is 0.141 e. The summed E-state index contributed by atoms with van der Waals surface area (Å²) in [5.74, 6) is 0. The molecule has 0 saturated heterocycles. The largest absolute Gasteiger partial charge is 0.225 e. The van der Waals surface area contributed by atoms with E-state index < -0.39 is 0 Å². The first-order chi connectivity index (χ1) is 11.3. The number of fused-ring (bicyclic) bond motifs is 2. The molecule has 0 fully saturated rings. The molecule has 0 radical (unpaired) electrons. The third kappa shape index (κ3) is 2.33. The second-order valence-corrected chi connectivity index (χ2v) is 6.60. The SMILES string of the molecule is C/C=C\c1sc2ncnc(Cl)c2c1-c1cccc2ccccc12. The minimum absolute atomic E-state index is 0.505. The number of benzene rings is 2. The van der Waals surface area contributed by atoms with Crippen LogP contribution < -0.4 is 0 Å². The Morgan fingerprint density at radius 3 is 2.74 bits per heavy atom. The number of thiophene rings is 1. The second-order valence-electron chi connectivity index (χ2n) is 5.21. The highest BCUT2D eigenvalue weighted by Crippen LogP contribution is 2.43. The van der Waals surface area contributed by atoms with E-state index in [0.717, 1.165) is 20.7 Å². The normalized spacial score (nSPS) is 11.7. The fraction of sp³-hybridized carbons (Fsp3) is 0.0526. The van der Waals surface area contributed by atoms with Crippen molar-refractivity contribution < 1.29 is 0 Å². The van der Waals surface area contributed by atoms with Gasteiger partial charge in [-0.2, -0.15) is 0 Å². The molecule has 112 valence electrons. The lowest BCUT2D eigenvalue weighted by Crippen LogP contribution is -1.85. The summed E-state index contributed by atoms with van der Waals surface area (Å²) in [6.07, 6.45) is 5.67. The predicted molar refractivity (Wildman–Crippen MR) is 100 cm³/mol. The summed E-state index contributed by atoms with van der Waals surface area (Å²) in [5, 5.41) is 3.86. The zero-order valence-corrected chi connectivity index (χ0v) is 14.0. The van der Waals surface area contributed by atoms with Gasteiger partial charge >= 0.3 is 0 Å². The average molecular weight is 337 g/mol. The van der Waals surface area contributed by atoms with Crippen molar-refractivity contribution in [1.29, 1.82) is 0 Å². The Balaban J connectivity index is 2.17. The van der Waals surface area contributed by atoms with Crippen molar-refractivity contribution in [2.75, 3.05) is 0 Å². The molecule has 0 unspecified atom stereocenters. The standard InChI is InChI=1S/C19H13ClN2S/c1-2-6-15-16(17-18(20)21-11-22-19(17)23-15)14-10-5-8-12-7-3-4-9-13(12)14/h2-11H,1H3/b6-2-. The van der Waals surface area contributed by atoms with Gasteiger partial charge in [0.1, 0.15) is 16.3 Å². The van der Waals surface area contributed by atoms with Crippen LogP contribution in [0.2, 0.25) is 5.15 Å². The molecular weight excluding hydrogens is 324 g/mol. The van der Waals surface area contributed by atoms with Gasteiger partial charge in [0.25, 0.3) is 0 Å². The molecule has 0 aliphatic carbocycles. The van der Waals surface area contributed by atoms with Crippen LogP contribution >= 0.6 is 22.9 Å². The van der Waals surface area contributed by atoms with Gasteiger partial charge in [-0.25, -0.2) is 9.97 Å². The lowest BCUT2D eigenvalue weighted by molar-refractivity contribution is 1.23. The molecule has 0 atom stereocenters. The maximum Gasteiger partial charge on any atom is 0.141 e. The maximum absolute atomic E-state index is 6.41. The summed E-state index contributed by atoms with van der Waals surface area (Å²) in [6, 6.07) is 14.7. The number of nitrogens with zero attached hydrogens (tertiary/aromatic N) is 2. The van der Waals surface area contributed by atoms with Gasteiger partial charge in [0.05, 0.1) is 5.39 Å². The molecule has 4 heteroatoms. The molecule has 2 nitrogen and oxygen atoms in total. The summed E-state index contributed by atoms with van der Waals surface area (Å²) in [7, 11) is 0.